The Morgan fingerprint density at radius 2 is 1.85 bits per heavy atom. The fraction of sp³-hybridized carbons (Fsp3) is 0.452. The first-order valence-corrected chi connectivity index (χ1v) is 13.9. The number of ether oxygens (including phenoxy) is 2. The number of carbonyl (C=O) groups is 1. The van der Waals surface area contributed by atoms with Crippen molar-refractivity contribution in [1.29, 1.82) is 0 Å². The van der Waals surface area contributed by atoms with Crippen LogP contribution in [0.5, 0.6) is 11.5 Å². The molecule has 5 rings (SSSR count). The molecule has 9 heteroatoms. The van der Waals surface area contributed by atoms with Gasteiger partial charge in [-0.1, -0.05) is 24.3 Å². The Balaban J connectivity index is 1.32. The van der Waals surface area contributed by atoms with Crippen molar-refractivity contribution in [2.24, 2.45) is 13.0 Å². The van der Waals surface area contributed by atoms with Crippen LogP contribution in [0.2, 0.25) is 0 Å². The van der Waals surface area contributed by atoms with Crippen molar-refractivity contribution in [3.8, 4) is 11.5 Å². The summed E-state index contributed by atoms with van der Waals surface area (Å²) < 4.78 is 14.0. The van der Waals surface area contributed by atoms with Gasteiger partial charge in [0.05, 0.1) is 19.6 Å². The van der Waals surface area contributed by atoms with Crippen molar-refractivity contribution in [2.75, 3.05) is 13.7 Å². The van der Waals surface area contributed by atoms with E-state index in [1.165, 1.54) is 39.9 Å². The monoisotopic (exact) mass is 547 g/mol. The van der Waals surface area contributed by atoms with Crippen molar-refractivity contribution < 1.29 is 19.4 Å². The van der Waals surface area contributed by atoms with Crippen molar-refractivity contribution in [1.82, 2.24) is 14.0 Å². The van der Waals surface area contributed by atoms with Gasteiger partial charge in [0.15, 0.2) is 11.5 Å². The Morgan fingerprint density at radius 1 is 1.07 bits per heavy atom. The van der Waals surface area contributed by atoms with Gasteiger partial charge in [-0.25, -0.2) is 4.79 Å². The number of hydrogen-bond acceptors (Lipinski definition) is 6. The molecule has 0 unspecified atom stereocenters. The number of methoxy groups -OCH3 is 1. The van der Waals surface area contributed by atoms with Crippen LogP contribution < -0.4 is 20.7 Å². The Hall–Kier alpha value is -3.85. The molecule has 9 nitrogen and oxygen atoms in total. The van der Waals surface area contributed by atoms with Gasteiger partial charge in [0, 0.05) is 37.9 Å². The van der Waals surface area contributed by atoms with Crippen LogP contribution in [0.15, 0.2) is 58.3 Å². The largest absolute Gasteiger partial charge is 0.493 e. The summed E-state index contributed by atoms with van der Waals surface area (Å²) in [7, 11) is 3.18. The lowest BCUT2D eigenvalue weighted by Crippen LogP contribution is -2.47. The van der Waals surface area contributed by atoms with E-state index in [1.54, 1.807) is 14.2 Å². The van der Waals surface area contributed by atoms with Gasteiger partial charge in [0.25, 0.3) is 5.56 Å². The second kappa shape index (κ2) is 11.7. The molecule has 0 saturated heterocycles. The summed E-state index contributed by atoms with van der Waals surface area (Å²) in [5.74, 6) is 0.0759. The molecule has 212 valence electrons. The molecular formula is C31H37N3O6. The number of fused-ring (bicyclic) bond motifs is 1. The standard InChI is InChI=1S/C31H37N3O6/c1-20(23-9-8-22-5-4-6-24(22)16-23)34(26-17-25(18-26)30(36)37)19-21-7-10-27(28(15-21)39-3)40-14-13-33-29(35)11-12-32(2)31(33)38/h7-12,15-16,20,25-26H,4-6,13-14,17-19H2,1-3H3,(H,36,37)/t20-,25-,26-/m1/s1. The van der Waals surface area contributed by atoms with E-state index in [4.69, 9.17) is 9.47 Å². The molecule has 0 amide bonds. The molecule has 0 bridgehead atoms. The van der Waals surface area contributed by atoms with Crippen molar-refractivity contribution >= 4 is 5.97 Å². The third-order valence-corrected chi connectivity index (χ3v) is 8.44. The Bertz CT molecular complexity index is 1500. The summed E-state index contributed by atoms with van der Waals surface area (Å²) in [6, 6.07) is 14.2. The molecule has 40 heavy (non-hydrogen) atoms. The van der Waals surface area contributed by atoms with Gasteiger partial charge in [-0.05, 0) is 73.4 Å². The summed E-state index contributed by atoms with van der Waals surface area (Å²) >= 11 is 0. The first-order valence-electron chi connectivity index (χ1n) is 13.9. The molecule has 0 aliphatic heterocycles. The van der Waals surface area contributed by atoms with Crippen molar-refractivity contribution in [2.45, 2.75) is 64.2 Å². The molecule has 0 spiro atoms. The highest BCUT2D eigenvalue weighted by atomic mass is 16.5. The van der Waals surface area contributed by atoms with Gasteiger partial charge in [0.1, 0.15) is 6.61 Å². The zero-order valence-electron chi connectivity index (χ0n) is 23.3. The minimum absolute atomic E-state index is 0.121. The maximum Gasteiger partial charge on any atom is 0.330 e. The van der Waals surface area contributed by atoms with Crippen LogP contribution in [-0.2, 0) is 37.8 Å². The summed E-state index contributed by atoms with van der Waals surface area (Å²) in [6.45, 7) is 3.10. The third-order valence-electron chi connectivity index (χ3n) is 8.44. The molecule has 0 radical (unpaired) electrons. The second-order valence-corrected chi connectivity index (χ2v) is 10.9. The lowest BCUT2D eigenvalue weighted by molar-refractivity contribution is -0.147. The fourth-order valence-corrected chi connectivity index (χ4v) is 5.89. The summed E-state index contributed by atoms with van der Waals surface area (Å²) in [6.07, 6.45) is 6.19. The van der Waals surface area contributed by atoms with Crippen molar-refractivity contribution in [3.05, 3.63) is 91.8 Å². The van der Waals surface area contributed by atoms with Crippen LogP contribution in [0.4, 0.5) is 0 Å². The van der Waals surface area contributed by atoms with E-state index in [-0.39, 0.29) is 36.7 Å². The zero-order chi connectivity index (χ0) is 28.4. The van der Waals surface area contributed by atoms with Crippen LogP contribution in [-0.4, -0.2) is 44.9 Å². The van der Waals surface area contributed by atoms with E-state index in [1.807, 2.05) is 18.2 Å². The molecule has 1 saturated carbocycles. The maximum atomic E-state index is 12.3. The molecule has 2 aliphatic rings. The van der Waals surface area contributed by atoms with Gasteiger partial charge in [0.2, 0.25) is 0 Å². The van der Waals surface area contributed by atoms with Gasteiger partial charge >= 0.3 is 11.7 Å². The van der Waals surface area contributed by atoms with Crippen LogP contribution in [0.3, 0.4) is 0 Å². The van der Waals surface area contributed by atoms with Crippen LogP contribution >= 0.6 is 0 Å². The number of carboxylic acid groups (broad SMARTS) is 1. The molecule has 1 heterocycles. The number of benzene rings is 2. The fourth-order valence-electron chi connectivity index (χ4n) is 5.89. The average Bonchev–Trinajstić information content (AvgIpc) is 3.39. The molecule has 1 atom stereocenters. The first kappa shape index (κ1) is 27.7. The predicted molar refractivity (Wildman–Crippen MR) is 151 cm³/mol. The van der Waals surface area contributed by atoms with Gasteiger partial charge in [-0.15, -0.1) is 0 Å². The second-order valence-electron chi connectivity index (χ2n) is 10.9. The maximum absolute atomic E-state index is 12.3. The Labute approximate surface area is 233 Å². The highest BCUT2D eigenvalue weighted by molar-refractivity contribution is 5.71. The van der Waals surface area contributed by atoms with E-state index in [2.05, 4.69) is 30.0 Å². The summed E-state index contributed by atoms with van der Waals surface area (Å²) in [4.78, 5) is 38.3. The highest BCUT2D eigenvalue weighted by Gasteiger charge is 2.40. The first-order chi connectivity index (χ1) is 19.2. The Morgan fingerprint density at radius 3 is 2.60 bits per heavy atom. The molecule has 3 aromatic rings. The number of carboxylic acids is 1. The van der Waals surface area contributed by atoms with Gasteiger partial charge < -0.3 is 19.1 Å². The molecule has 2 aromatic carbocycles. The highest BCUT2D eigenvalue weighted by Crippen LogP contribution is 2.39. The number of rotatable bonds is 11. The van der Waals surface area contributed by atoms with E-state index in [0.717, 1.165) is 23.0 Å². The number of aliphatic carboxylic acids is 1. The van der Waals surface area contributed by atoms with E-state index >= 15 is 0 Å². The molecule has 1 fully saturated rings. The number of aromatic nitrogens is 2. The quantitative estimate of drug-likeness (QED) is 0.392. The zero-order valence-corrected chi connectivity index (χ0v) is 23.3. The normalized spacial score (nSPS) is 18.7. The van der Waals surface area contributed by atoms with Gasteiger partial charge in [-0.3, -0.25) is 19.1 Å². The molecule has 1 N–H and O–H groups in total. The number of nitrogens with zero attached hydrogens (tertiary/aromatic N) is 3. The van der Waals surface area contributed by atoms with Crippen molar-refractivity contribution in [3.63, 3.8) is 0 Å². The minimum Gasteiger partial charge on any atom is -0.493 e. The topological polar surface area (TPSA) is 103 Å². The Kier molecular flexibility index (Phi) is 8.12. The van der Waals surface area contributed by atoms with Crippen LogP contribution in [0.1, 0.15) is 54.5 Å². The van der Waals surface area contributed by atoms with E-state index in [9.17, 15) is 19.5 Å². The minimum atomic E-state index is -0.722. The SMILES string of the molecule is COc1cc(CN([C@H]2C[C@H](C(=O)O)C2)[C@H](C)c2ccc3c(c2)CCC3)ccc1OCCn1c(=O)ccn(C)c1=O. The van der Waals surface area contributed by atoms with Gasteiger partial charge in [-0.2, -0.15) is 0 Å². The van der Waals surface area contributed by atoms with Crippen LogP contribution in [0, 0.1) is 5.92 Å². The van der Waals surface area contributed by atoms with E-state index in [0.29, 0.717) is 30.9 Å². The smallest absolute Gasteiger partial charge is 0.330 e. The average molecular weight is 548 g/mol. The number of hydrogen-bond donors (Lipinski definition) is 1. The molecular weight excluding hydrogens is 510 g/mol. The number of aryl methyl sites for hydroxylation is 3. The molecule has 1 aromatic heterocycles. The third kappa shape index (κ3) is 5.70. The van der Waals surface area contributed by atoms with E-state index < -0.39 is 11.7 Å². The lowest BCUT2D eigenvalue weighted by atomic mass is 9.78. The molecule has 2 aliphatic carbocycles. The summed E-state index contributed by atoms with van der Waals surface area (Å²) in [5, 5.41) is 9.48. The summed E-state index contributed by atoms with van der Waals surface area (Å²) in [5.41, 5.74) is 4.40. The lowest BCUT2D eigenvalue weighted by Gasteiger charge is -2.44. The predicted octanol–water partition coefficient (Wildman–Crippen LogP) is 3.55. The van der Waals surface area contributed by atoms with Crippen LogP contribution in [0.25, 0.3) is 0 Å².